The van der Waals surface area contributed by atoms with E-state index in [9.17, 15) is 27.5 Å². The molecule has 0 aromatic heterocycles. The van der Waals surface area contributed by atoms with Crippen LogP contribution in [-0.4, -0.2) is 40.4 Å². The van der Waals surface area contributed by atoms with E-state index in [-0.39, 0.29) is 35.9 Å². The highest BCUT2D eigenvalue weighted by Gasteiger charge is 2.63. The minimum Gasteiger partial charge on any atom is -0.454 e. The molecule has 1 N–H and O–H groups in total. The van der Waals surface area contributed by atoms with Gasteiger partial charge in [0, 0.05) is 6.42 Å². The van der Waals surface area contributed by atoms with E-state index >= 15 is 0 Å². The van der Waals surface area contributed by atoms with Gasteiger partial charge in [0.1, 0.15) is 5.82 Å². The van der Waals surface area contributed by atoms with Crippen molar-refractivity contribution in [1.29, 1.82) is 0 Å². The molecule has 30 heavy (non-hydrogen) atoms. The van der Waals surface area contributed by atoms with Crippen LogP contribution in [0.3, 0.4) is 0 Å². The number of hydrogen-bond acceptors (Lipinski definition) is 5. The van der Waals surface area contributed by atoms with Crippen LogP contribution in [0.5, 0.6) is 11.5 Å². The summed E-state index contributed by atoms with van der Waals surface area (Å²) in [7, 11) is 0. The maximum Gasteiger partial charge on any atom is 0.438 e. The molecule has 10 heteroatoms. The second kappa shape index (κ2) is 7.28. The number of aliphatic hydroxyl groups is 1. The van der Waals surface area contributed by atoms with Gasteiger partial charge in [0.05, 0.1) is 12.1 Å². The first-order chi connectivity index (χ1) is 14.2. The summed E-state index contributed by atoms with van der Waals surface area (Å²) >= 11 is 0. The molecule has 0 radical (unpaired) electrons. The van der Waals surface area contributed by atoms with Crippen LogP contribution in [0.15, 0.2) is 47.6 Å². The number of carbonyl (C=O) groups excluding carboxylic acids is 1. The van der Waals surface area contributed by atoms with Crippen LogP contribution in [0.4, 0.5) is 17.6 Å². The van der Waals surface area contributed by atoms with E-state index in [1.807, 2.05) is 0 Å². The Bertz CT molecular complexity index is 1010. The molecule has 2 heterocycles. The molecule has 2 aromatic rings. The molecule has 0 spiro atoms. The van der Waals surface area contributed by atoms with Gasteiger partial charge in [-0.25, -0.2) is 4.39 Å². The summed E-state index contributed by atoms with van der Waals surface area (Å²) in [6.45, 7) is 0.0744. The van der Waals surface area contributed by atoms with E-state index in [1.54, 1.807) is 18.2 Å². The fourth-order valence-electron chi connectivity index (χ4n) is 3.29. The first kappa shape index (κ1) is 20.1. The number of ether oxygens (including phenoxy) is 2. The van der Waals surface area contributed by atoms with Gasteiger partial charge in [-0.2, -0.15) is 23.3 Å². The van der Waals surface area contributed by atoms with Gasteiger partial charge in [-0.15, -0.1) is 0 Å². The predicted octanol–water partition coefficient (Wildman–Crippen LogP) is 3.37. The topological polar surface area (TPSA) is 71.4 Å². The fraction of sp³-hybridized carbons (Fsp3) is 0.300. The molecule has 0 aliphatic carbocycles. The highest BCUT2D eigenvalue weighted by molar-refractivity contribution is 6.03. The number of fused-ring (bicyclic) bond motifs is 1. The molecule has 0 saturated carbocycles. The normalized spacial score (nSPS) is 20.4. The molecule has 4 rings (SSSR count). The zero-order chi connectivity index (χ0) is 21.5. The smallest absolute Gasteiger partial charge is 0.438 e. The van der Waals surface area contributed by atoms with Crippen LogP contribution in [0, 0.1) is 5.82 Å². The largest absolute Gasteiger partial charge is 0.454 e. The van der Waals surface area contributed by atoms with Crippen molar-refractivity contribution in [3.63, 3.8) is 0 Å². The summed E-state index contributed by atoms with van der Waals surface area (Å²) in [6, 6.07) is 9.58. The van der Waals surface area contributed by atoms with E-state index in [2.05, 4.69) is 5.10 Å². The van der Waals surface area contributed by atoms with Crippen molar-refractivity contribution in [2.45, 2.75) is 31.2 Å². The Morgan fingerprint density at radius 3 is 2.53 bits per heavy atom. The van der Waals surface area contributed by atoms with Gasteiger partial charge in [0.15, 0.2) is 11.5 Å². The summed E-state index contributed by atoms with van der Waals surface area (Å²) < 4.78 is 64.4. The Labute approximate surface area is 168 Å². The standard InChI is InChI=1S/C20H16F4N2O4/c21-14-5-3-13(4-6-14)15-10-19(28,20(22,23)24)26(25-15)18(27)8-2-12-1-7-16-17(9-12)30-11-29-16/h1,3-7,9,28H,2,8,10-11H2/t19-/m0/s1. The molecule has 2 aliphatic rings. The third kappa shape index (κ3) is 3.58. The fourth-order valence-corrected chi connectivity index (χ4v) is 3.29. The van der Waals surface area contributed by atoms with Gasteiger partial charge in [-0.3, -0.25) is 4.79 Å². The molecule has 1 atom stereocenters. The number of hydrogen-bond donors (Lipinski definition) is 1. The van der Waals surface area contributed by atoms with Crippen LogP contribution in [0.1, 0.15) is 24.0 Å². The zero-order valence-corrected chi connectivity index (χ0v) is 15.4. The van der Waals surface area contributed by atoms with Gasteiger partial charge < -0.3 is 14.6 Å². The first-order valence-corrected chi connectivity index (χ1v) is 9.01. The van der Waals surface area contributed by atoms with Crippen molar-refractivity contribution in [1.82, 2.24) is 5.01 Å². The van der Waals surface area contributed by atoms with Crippen LogP contribution < -0.4 is 9.47 Å². The quantitative estimate of drug-likeness (QED) is 0.764. The van der Waals surface area contributed by atoms with E-state index in [4.69, 9.17) is 9.47 Å². The van der Waals surface area contributed by atoms with Crippen molar-refractivity contribution in [3.8, 4) is 11.5 Å². The highest BCUT2D eigenvalue weighted by atomic mass is 19.4. The molecular formula is C20H16F4N2O4. The number of benzene rings is 2. The second-order valence-corrected chi connectivity index (χ2v) is 6.94. The van der Waals surface area contributed by atoms with E-state index < -0.39 is 30.0 Å². The molecule has 2 aliphatic heterocycles. The van der Waals surface area contributed by atoms with E-state index in [0.717, 1.165) is 12.1 Å². The third-order valence-corrected chi connectivity index (χ3v) is 4.92. The maximum atomic E-state index is 13.6. The number of hydrazone groups is 1. The number of carbonyl (C=O) groups is 1. The lowest BCUT2D eigenvalue weighted by atomic mass is 10.0. The highest BCUT2D eigenvalue weighted by Crippen LogP contribution is 2.42. The molecule has 0 saturated heterocycles. The molecule has 0 unspecified atom stereocenters. The third-order valence-electron chi connectivity index (χ3n) is 4.92. The van der Waals surface area contributed by atoms with Crippen molar-refractivity contribution in [2.24, 2.45) is 5.10 Å². The maximum absolute atomic E-state index is 13.6. The summed E-state index contributed by atoms with van der Waals surface area (Å²) in [5, 5.41) is 14.1. The number of amides is 1. The van der Waals surface area contributed by atoms with Crippen LogP contribution >= 0.6 is 0 Å². The van der Waals surface area contributed by atoms with E-state index in [0.29, 0.717) is 17.1 Å². The molecule has 2 aromatic carbocycles. The number of nitrogens with zero attached hydrogens (tertiary/aromatic N) is 2. The molecule has 0 bridgehead atoms. The Morgan fingerprint density at radius 2 is 1.83 bits per heavy atom. The molecule has 158 valence electrons. The average Bonchev–Trinajstić information content (AvgIpc) is 3.31. The van der Waals surface area contributed by atoms with Crippen molar-refractivity contribution in [2.75, 3.05) is 6.79 Å². The number of alkyl halides is 3. The van der Waals surface area contributed by atoms with Gasteiger partial charge in [0.2, 0.25) is 12.7 Å². The van der Waals surface area contributed by atoms with Crippen LogP contribution in [0.2, 0.25) is 0 Å². The Hall–Kier alpha value is -3.14. The molecular weight excluding hydrogens is 408 g/mol. The summed E-state index contributed by atoms with van der Waals surface area (Å²) in [5.41, 5.74) is -2.79. The van der Waals surface area contributed by atoms with Gasteiger partial charge in [-0.1, -0.05) is 18.2 Å². The minimum atomic E-state index is -5.13. The van der Waals surface area contributed by atoms with Crippen LogP contribution in [-0.2, 0) is 11.2 Å². The van der Waals surface area contributed by atoms with Gasteiger partial charge in [0.25, 0.3) is 5.72 Å². The SMILES string of the molecule is O=C(CCc1ccc2c(c1)OCO2)N1N=C(c2ccc(F)cc2)C[C@]1(O)C(F)(F)F. The van der Waals surface area contributed by atoms with Gasteiger partial charge in [-0.05, 0) is 41.8 Å². The van der Waals surface area contributed by atoms with Crippen LogP contribution in [0.25, 0.3) is 0 Å². The number of aryl methyl sites for hydroxylation is 1. The molecule has 1 amide bonds. The molecule has 0 fully saturated rings. The summed E-state index contributed by atoms with van der Waals surface area (Å²) in [4.78, 5) is 12.6. The van der Waals surface area contributed by atoms with Crippen molar-refractivity contribution < 1.29 is 36.9 Å². The summed E-state index contributed by atoms with van der Waals surface area (Å²) in [5.74, 6) is -0.529. The first-order valence-electron chi connectivity index (χ1n) is 9.01. The Kier molecular flexibility index (Phi) is 4.89. The average molecular weight is 424 g/mol. The summed E-state index contributed by atoms with van der Waals surface area (Å²) in [6.07, 6.45) is -6.29. The molecule has 6 nitrogen and oxygen atoms in total. The lowest BCUT2D eigenvalue weighted by Crippen LogP contribution is -2.56. The Balaban J connectivity index is 1.55. The lowest BCUT2D eigenvalue weighted by Gasteiger charge is -2.32. The number of rotatable bonds is 4. The monoisotopic (exact) mass is 424 g/mol. The Morgan fingerprint density at radius 1 is 1.13 bits per heavy atom. The number of halogens is 4. The van der Waals surface area contributed by atoms with Crippen molar-refractivity contribution >= 4 is 11.6 Å². The predicted molar refractivity (Wildman–Crippen MR) is 96.3 cm³/mol. The second-order valence-electron chi connectivity index (χ2n) is 6.94. The zero-order valence-electron chi connectivity index (χ0n) is 15.4. The van der Waals surface area contributed by atoms with Crippen molar-refractivity contribution in [3.05, 3.63) is 59.4 Å². The van der Waals surface area contributed by atoms with E-state index in [1.165, 1.54) is 12.1 Å². The van der Waals surface area contributed by atoms with Gasteiger partial charge >= 0.3 is 6.18 Å². The minimum absolute atomic E-state index is 0.0744. The lowest BCUT2D eigenvalue weighted by molar-refractivity contribution is -0.302.